The Balaban J connectivity index is 1.88. The molecule has 0 saturated carbocycles. The van der Waals surface area contributed by atoms with E-state index in [0.29, 0.717) is 11.3 Å². The summed E-state index contributed by atoms with van der Waals surface area (Å²) in [6, 6.07) is 8.94. The van der Waals surface area contributed by atoms with Crippen LogP contribution in [-0.2, 0) is 22.7 Å². The molecule has 1 aromatic carbocycles. The van der Waals surface area contributed by atoms with E-state index in [2.05, 4.69) is 5.10 Å². The molecule has 0 amide bonds. The highest BCUT2D eigenvalue weighted by atomic mass is 16.5. The molecule has 6 heteroatoms. The smallest absolute Gasteiger partial charge is 0.328 e. The van der Waals surface area contributed by atoms with Gasteiger partial charge in [0.1, 0.15) is 13.2 Å². The summed E-state index contributed by atoms with van der Waals surface area (Å²) in [6.45, 7) is 0.139. The van der Waals surface area contributed by atoms with E-state index in [1.54, 1.807) is 30.5 Å². The largest absolute Gasteiger partial charge is 0.459 e. The van der Waals surface area contributed by atoms with Crippen LogP contribution in [0.15, 0.2) is 36.7 Å². The predicted molar refractivity (Wildman–Crippen MR) is 67.6 cm³/mol. The van der Waals surface area contributed by atoms with E-state index >= 15 is 0 Å². The highest BCUT2D eigenvalue weighted by molar-refractivity contribution is 5.69. The molecule has 0 unspecified atom stereocenters. The summed E-state index contributed by atoms with van der Waals surface area (Å²) in [6.07, 6.45) is 3.02. The molecule has 0 aliphatic carbocycles. The Labute approximate surface area is 110 Å². The van der Waals surface area contributed by atoms with Crippen molar-refractivity contribution in [3.05, 3.63) is 47.8 Å². The third-order valence-electron chi connectivity index (χ3n) is 2.40. The second-order valence-electron chi connectivity index (χ2n) is 3.94. The van der Waals surface area contributed by atoms with Crippen LogP contribution in [0.5, 0.6) is 0 Å². The number of carbonyl (C=O) groups excluding carboxylic acids is 1. The number of benzene rings is 1. The molecule has 0 aliphatic heterocycles. The summed E-state index contributed by atoms with van der Waals surface area (Å²) in [4.78, 5) is 11.6. The number of ether oxygens (including phenoxy) is 1. The Kier molecular flexibility index (Phi) is 3.78. The lowest BCUT2D eigenvalue weighted by Crippen LogP contribution is -2.13. The van der Waals surface area contributed by atoms with Crippen LogP contribution in [0, 0.1) is 11.3 Å². The van der Waals surface area contributed by atoms with E-state index in [0.717, 1.165) is 5.56 Å². The van der Waals surface area contributed by atoms with Crippen molar-refractivity contribution < 1.29 is 9.53 Å². The second-order valence-corrected chi connectivity index (χ2v) is 3.94. The van der Waals surface area contributed by atoms with Gasteiger partial charge in [-0.15, -0.1) is 0 Å². The van der Waals surface area contributed by atoms with Gasteiger partial charge in [-0.25, -0.2) is 0 Å². The molecule has 1 aromatic heterocycles. The fourth-order valence-electron chi connectivity index (χ4n) is 1.54. The van der Waals surface area contributed by atoms with Gasteiger partial charge >= 0.3 is 5.97 Å². The average Bonchev–Trinajstić information content (AvgIpc) is 2.82. The topological polar surface area (TPSA) is 93.9 Å². The molecule has 6 nitrogen and oxygen atoms in total. The molecule has 0 atom stereocenters. The zero-order valence-corrected chi connectivity index (χ0v) is 10.1. The van der Waals surface area contributed by atoms with E-state index in [1.165, 1.54) is 10.9 Å². The molecule has 19 heavy (non-hydrogen) atoms. The van der Waals surface area contributed by atoms with Crippen molar-refractivity contribution in [2.45, 2.75) is 13.2 Å². The first-order valence-corrected chi connectivity index (χ1v) is 5.60. The van der Waals surface area contributed by atoms with E-state index < -0.39 is 5.97 Å². The third kappa shape index (κ3) is 3.57. The Bertz CT molecular complexity index is 628. The van der Waals surface area contributed by atoms with Gasteiger partial charge in [-0.1, -0.05) is 12.1 Å². The van der Waals surface area contributed by atoms with Gasteiger partial charge in [0.2, 0.25) is 0 Å². The molecule has 0 aliphatic rings. The van der Waals surface area contributed by atoms with Gasteiger partial charge in [-0.05, 0) is 17.7 Å². The molecule has 0 saturated heterocycles. The van der Waals surface area contributed by atoms with Crippen LogP contribution in [0.25, 0.3) is 0 Å². The molecule has 0 fully saturated rings. The van der Waals surface area contributed by atoms with Crippen LogP contribution in [0.1, 0.15) is 11.1 Å². The molecule has 96 valence electrons. The van der Waals surface area contributed by atoms with Crippen molar-refractivity contribution in [2.75, 3.05) is 5.73 Å². The Morgan fingerprint density at radius 1 is 1.53 bits per heavy atom. The lowest BCUT2D eigenvalue weighted by molar-refractivity contribution is -0.145. The van der Waals surface area contributed by atoms with Crippen molar-refractivity contribution in [3.8, 4) is 6.07 Å². The zero-order valence-electron chi connectivity index (χ0n) is 10.1. The van der Waals surface area contributed by atoms with E-state index in [-0.39, 0.29) is 13.2 Å². The van der Waals surface area contributed by atoms with Gasteiger partial charge in [0.05, 0.1) is 23.5 Å². The molecule has 0 spiro atoms. The molecular formula is C13H12N4O2. The van der Waals surface area contributed by atoms with Gasteiger partial charge in [-0.3, -0.25) is 9.48 Å². The van der Waals surface area contributed by atoms with Crippen molar-refractivity contribution in [1.82, 2.24) is 9.78 Å². The first kappa shape index (κ1) is 12.6. The summed E-state index contributed by atoms with van der Waals surface area (Å²) in [7, 11) is 0. The van der Waals surface area contributed by atoms with Crippen LogP contribution in [0.3, 0.4) is 0 Å². The van der Waals surface area contributed by atoms with Crippen LogP contribution in [-0.4, -0.2) is 15.7 Å². The Hall–Kier alpha value is -2.81. The minimum absolute atomic E-state index is 0.00907. The number of nitrogens with zero attached hydrogens (tertiary/aromatic N) is 3. The number of hydrogen-bond donors (Lipinski definition) is 1. The standard InChI is InChI=1S/C13H12N4O2/c14-5-10-2-1-3-11(4-10)9-19-13(18)8-17-7-12(15)6-16-17/h1-4,6-7H,8-9,15H2. The maximum Gasteiger partial charge on any atom is 0.328 e. The van der Waals surface area contributed by atoms with Crippen molar-refractivity contribution in [2.24, 2.45) is 0 Å². The summed E-state index contributed by atoms with van der Waals surface area (Å²) >= 11 is 0. The van der Waals surface area contributed by atoms with Crippen LogP contribution < -0.4 is 5.73 Å². The molecule has 2 rings (SSSR count). The van der Waals surface area contributed by atoms with E-state index in [1.807, 2.05) is 6.07 Å². The number of aromatic nitrogens is 2. The highest BCUT2D eigenvalue weighted by Gasteiger charge is 2.06. The maximum absolute atomic E-state index is 11.6. The van der Waals surface area contributed by atoms with E-state index in [9.17, 15) is 4.79 Å². The number of anilines is 1. The van der Waals surface area contributed by atoms with E-state index in [4.69, 9.17) is 15.7 Å². The van der Waals surface area contributed by atoms with Crippen molar-refractivity contribution >= 4 is 11.7 Å². The lowest BCUT2D eigenvalue weighted by Gasteiger charge is -2.05. The van der Waals surface area contributed by atoms with Crippen LogP contribution >= 0.6 is 0 Å². The Morgan fingerprint density at radius 3 is 3.05 bits per heavy atom. The first-order valence-electron chi connectivity index (χ1n) is 5.60. The van der Waals surface area contributed by atoms with Gasteiger partial charge in [0.15, 0.2) is 0 Å². The van der Waals surface area contributed by atoms with Crippen LogP contribution in [0.4, 0.5) is 5.69 Å². The molecular weight excluding hydrogens is 244 g/mol. The average molecular weight is 256 g/mol. The van der Waals surface area contributed by atoms with Crippen molar-refractivity contribution in [1.29, 1.82) is 5.26 Å². The summed E-state index contributed by atoms with van der Waals surface area (Å²) < 4.78 is 6.50. The highest BCUT2D eigenvalue weighted by Crippen LogP contribution is 2.06. The fourth-order valence-corrected chi connectivity index (χ4v) is 1.54. The van der Waals surface area contributed by atoms with Gasteiger partial charge in [-0.2, -0.15) is 10.4 Å². The molecule has 0 radical (unpaired) electrons. The number of nitriles is 1. The number of nitrogen functional groups attached to an aromatic ring is 1. The minimum atomic E-state index is -0.412. The predicted octanol–water partition coefficient (Wildman–Crippen LogP) is 1.08. The Morgan fingerprint density at radius 2 is 2.37 bits per heavy atom. The molecule has 2 N–H and O–H groups in total. The SMILES string of the molecule is N#Cc1cccc(COC(=O)Cn2cc(N)cn2)c1. The lowest BCUT2D eigenvalue weighted by atomic mass is 10.1. The third-order valence-corrected chi connectivity index (χ3v) is 2.40. The van der Waals surface area contributed by atoms with Crippen LogP contribution in [0.2, 0.25) is 0 Å². The van der Waals surface area contributed by atoms with Gasteiger partial charge in [0.25, 0.3) is 0 Å². The summed E-state index contributed by atoms with van der Waals surface area (Å²) in [5.74, 6) is -0.412. The fraction of sp³-hybridized carbons (Fsp3) is 0.154. The zero-order chi connectivity index (χ0) is 13.7. The monoisotopic (exact) mass is 256 g/mol. The number of rotatable bonds is 4. The molecule has 0 bridgehead atoms. The van der Waals surface area contributed by atoms with Gasteiger partial charge < -0.3 is 10.5 Å². The number of esters is 1. The molecule has 1 heterocycles. The second kappa shape index (κ2) is 5.69. The molecule has 2 aromatic rings. The van der Waals surface area contributed by atoms with Crippen molar-refractivity contribution in [3.63, 3.8) is 0 Å². The number of carbonyl (C=O) groups is 1. The van der Waals surface area contributed by atoms with Gasteiger partial charge in [0, 0.05) is 6.20 Å². The first-order chi connectivity index (χ1) is 9.17. The summed E-state index contributed by atoms with van der Waals surface area (Å²) in [5.41, 5.74) is 7.29. The minimum Gasteiger partial charge on any atom is -0.459 e. The quantitative estimate of drug-likeness (QED) is 0.826. The maximum atomic E-state index is 11.6. The number of nitrogens with two attached hydrogens (primary N) is 1. The number of hydrogen-bond acceptors (Lipinski definition) is 5. The normalized spacial score (nSPS) is 9.84. The summed E-state index contributed by atoms with van der Waals surface area (Å²) in [5, 5.41) is 12.6.